The fourth-order valence-electron chi connectivity index (χ4n) is 4.06. The lowest BCUT2D eigenvalue weighted by atomic mass is 9.66. The first kappa shape index (κ1) is 19.0. The highest BCUT2D eigenvalue weighted by Gasteiger charge is 2.39. The molecule has 1 amide bonds. The third-order valence-electron chi connectivity index (χ3n) is 5.91. The van der Waals surface area contributed by atoms with Crippen molar-refractivity contribution in [3.8, 4) is 0 Å². The van der Waals surface area contributed by atoms with Crippen molar-refractivity contribution in [1.82, 2.24) is 9.88 Å². The highest BCUT2D eigenvalue weighted by Crippen LogP contribution is 2.41. The van der Waals surface area contributed by atoms with E-state index in [0.717, 1.165) is 31.0 Å². The molecule has 1 atom stereocenters. The molecule has 7 heteroatoms. The Labute approximate surface area is 162 Å². The number of benzene rings is 1. The molecule has 0 spiro atoms. The lowest BCUT2D eigenvalue weighted by Crippen LogP contribution is -2.44. The average molecular weight is 387 g/mol. The zero-order chi connectivity index (χ0) is 19.7. The van der Waals surface area contributed by atoms with Crippen molar-refractivity contribution in [2.75, 3.05) is 26.3 Å². The van der Waals surface area contributed by atoms with Gasteiger partial charge in [-0.3, -0.25) is 9.78 Å². The smallest absolute Gasteiger partial charge is 0.256 e. The SMILES string of the molecule is NCC1(c2ccc(C(=O)N3CCOCC3c3cc(F)cc(F)c3)cn2)CCC1. The number of nitrogens with two attached hydrogens (primary N) is 1. The number of carbonyl (C=O) groups is 1. The van der Waals surface area contributed by atoms with E-state index < -0.39 is 17.7 Å². The van der Waals surface area contributed by atoms with Crippen LogP contribution in [0.5, 0.6) is 0 Å². The second-order valence-electron chi connectivity index (χ2n) is 7.56. The lowest BCUT2D eigenvalue weighted by molar-refractivity contribution is -0.00288. The van der Waals surface area contributed by atoms with Gasteiger partial charge in [-0.25, -0.2) is 8.78 Å². The molecule has 1 aliphatic heterocycles. The van der Waals surface area contributed by atoms with Gasteiger partial charge in [-0.05, 0) is 42.7 Å². The van der Waals surface area contributed by atoms with Gasteiger partial charge in [-0.2, -0.15) is 0 Å². The summed E-state index contributed by atoms with van der Waals surface area (Å²) in [6, 6.07) is 6.39. The summed E-state index contributed by atoms with van der Waals surface area (Å²) in [7, 11) is 0. The zero-order valence-electron chi connectivity index (χ0n) is 15.5. The first-order valence-electron chi connectivity index (χ1n) is 9.54. The number of aromatic nitrogens is 1. The Hall–Kier alpha value is -2.38. The van der Waals surface area contributed by atoms with Crippen LogP contribution in [0, 0.1) is 11.6 Å². The topological polar surface area (TPSA) is 68.5 Å². The molecule has 5 nitrogen and oxygen atoms in total. The van der Waals surface area contributed by atoms with E-state index in [2.05, 4.69) is 4.98 Å². The minimum Gasteiger partial charge on any atom is -0.377 e. The Balaban J connectivity index is 1.58. The van der Waals surface area contributed by atoms with E-state index >= 15 is 0 Å². The van der Waals surface area contributed by atoms with Crippen LogP contribution in [-0.2, 0) is 10.2 Å². The Morgan fingerprint density at radius 1 is 1.25 bits per heavy atom. The van der Waals surface area contributed by atoms with Crippen molar-refractivity contribution in [1.29, 1.82) is 0 Å². The normalized spacial score (nSPS) is 21.2. The van der Waals surface area contributed by atoms with Gasteiger partial charge in [-0.15, -0.1) is 0 Å². The summed E-state index contributed by atoms with van der Waals surface area (Å²) in [5.74, 6) is -1.58. The number of hydrogen-bond acceptors (Lipinski definition) is 4. The summed E-state index contributed by atoms with van der Waals surface area (Å²) in [5.41, 5.74) is 7.61. The third kappa shape index (κ3) is 3.40. The maximum Gasteiger partial charge on any atom is 0.256 e. The monoisotopic (exact) mass is 387 g/mol. The number of halogens is 2. The molecule has 1 saturated heterocycles. The first-order valence-corrected chi connectivity index (χ1v) is 9.54. The van der Waals surface area contributed by atoms with Crippen molar-refractivity contribution >= 4 is 5.91 Å². The molecule has 2 N–H and O–H groups in total. The van der Waals surface area contributed by atoms with Crippen LogP contribution in [0.15, 0.2) is 36.5 Å². The molecule has 1 aliphatic carbocycles. The first-order chi connectivity index (χ1) is 13.5. The van der Waals surface area contributed by atoms with Crippen LogP contribution in [0.3, 0.4) is 0 Å². The van der Waals surface area contributed by atoms with Crippen molar-refractivity contribution in [3.63, 3.8) is 0 Å². The van der Waals surface area contributed by atoms with Gasteiger partial charge >= 0.3 is 0 Å². The minimum atomic E-state index is -0.674. The predicted octanol–water partition coefficient (Wildman–Crippen LogP) is 2.95. The third-order valence-corrected chi connectivity index (χ3v) is 5.91. The molecule has 2 aliphatic rings. The maximum atomic E-state index is 13.7. The maximum absolute atomic E-state index is 13.7. The van der Waals surface area contributed by atoms with Gasteiger partial charge in [0.05, 0.1) is 24.8 Å². The zero-order valence-corrected chi connectivity index (χ0v) is 15.5. The second-order valence-corrected chi connectivity index (χ2v) is 7.56. The van der Waals surface area contributed by atoms with E-state index in [0.29, 0.717) is 30.8 Å². The molecule has 1 saturated carbocycles. The average Bonchev–Trinajstić information content (AvgIpc) is 2.67. The van der Waals surface area contributed by atoms with E-state index in [1.54, 1.807) is 17.2 Å². The summed E-state index contributed by atoms with van der Waals surface area (Å²) in [6.07, 6.45) is 4.74. The van der Waals surface area contributed by atoms with Gasteiger partial charge in [0.1, 0.15) is 11.6 Å². The van der Waals surface area contributed by atoms with Crippen LogP contribution >= 0.6 is 0 Å². The number of hydrogen-bond donors (Lipinski definition) is 1. The molecule has 4 rings (SSSR count). The van der Waals surface area contributed by atoms with E-state index in [1.165, 1.54) is 12.1 Å². The van der Waals surface area contributed by atoms with Crippen LogP contribution in [0.4, 0.5) is 8.78 Å². The molecule has 1 unspecified atom stereocenters. The summed E-state index contributed by atoms with van der Waals surface area (Å²) in [5, 5.41) is 0. The van der Waals surface area contributed by atoms with Gasteiger partial charge in [0, 0.05) is 36.5 Å². The van der Waals surface area contributed by atoms with Gasteiger partial charge in [-0.1, -0.05) is 6.42 Å². The summed E-state index contributed by atoms with van der Waals surface area (Å²) < 4.78 is 32.8. The standard InChI is InChI=1S/C21H23F2N3O2/c22-16-8-15(9-17(23)10-16)18-12-28-7-6-26(18)20(27)14-2-3-19(25-11-14)21(13-24)4-1-5-21/h2-3,8-11,18H,1,4-7,12-13,24H2. The Morgan fingerprint density at radius 3 is 2.57 bits per heavy atom. The molecular formula is C21H23F2N3O2. The van der Waals surface area contributed by atoms with E-state index in [1.807, 2.05) is 6.07 Å². The number of pyridine rings is 1. The molecule has 28 heavy (non-hydrogen) atoms. The molecule has 148 valence electrons. The second kappa shape index (κ2) is 7.56. The molecule has 2 aromatic rings. The number of nitrogens with zero attached hydrogens (tertiary/aromatic N) is 2. The number of rotatable bonds is 4. The van der Waals surface area contributed by atoms with Crippen LogP contribution in [0.2, 0.25) is 0 Å². The molecule has 0 bridgehead atoms. The number of morpholine rings is 1. The molecule has 1 aromatic heterocycles. The van der Waals surface area contributed by atoms with Gasteiger partial charge in [0.25, 0.3) is 5.91 Å². The van der Waals surface area contributed by atoms with E-state index in [-0.39, 0.29) is 17.9 Å². The fraction of sp³-hybridized carbons (Fsp3) is 0.429. The van der Waals surface area contributed by atoms with Gasteiger partial charge < -0.3 is 15.4 Å². The largest absolute Gasteiger partial charge is 0.377 e. The quantitative estimate of drug-likeness (QED) is 0.876. The molecular weight excluding hydrogens is 364 g/mol. The van der Waals surface area contributed by atoms with Crippen LogP contribution in [-0.4, -0.2) is 42.1 Å². The number of amides is 1. The highest BCUT2D eigenvalue weighted by molar-refractivity contribution is 5.94. The summed E-state index contributed by atoms with van der Waals surface area (Å²) in [4.78, 5) is 19.2. The summed E-state index contributed by atoms with van der Waals surface area (Å²) in [6.45, 7) is 1.46. The van der Waals surface area contributed by atoms with Crippen molar-refractivity contribution in [3.05, 3.63) is 65.0 Å². The van der Waals surface area contributed by atoms with Crippen molar-refractivity contribution in [2.24, 2.45) is 5.73 Å². The molecule has 2 fully saturated rings. The molecule has 2 heterocycles. The van der Waals surface area contributed by atoms with E-state index in [9.17, 15) is 13.6 Å². The van der Waals surface area contributed by atoms with Crippen LogP contribution in [0.1, 0.15) is 46.9 Å². The fourth-order valence-corrected chi connectivity index (χ4v) is 4.06. The Bertz CT molecular complexity index is 843. The van der Waals surface area contributed by atoms with Gasteiger partial charge in [0.2, 0.25) is 0 Å². The van der Waals surface area contributed by atoms with Crippen molar-refractivity contribution < 1.29 is 18.3 Å². The Morgan fingerprint density at radius 2 is 2.00 bits per heavy atom. The van der Waals surface area contributed by atoms with Crippen molar-refractivity contribution in [2.45, 2.75) is 30.7 Å². The van der Waals surface area contributed by atoms with Crippen LogP contribution in [0.25, 0.3) is 0 Å². The number of carbonyl (C=O) groups excluding carboxylic acids is 1. The summed E-state index contributed by atoms with van der Waals surface area (Å²) >= 11 is 0. The molecule has 1 aromatic carbocycles. The number of ether oxygens (including phenoxy) is 1. The lowest BCUT2D eigenvalue weighted by Gasteiger charge is -2.40. The predicted molar refractivity (Wildman–Crippen MR) is 99.8 cm³/mol. The molecule has 0 radical (unpaired) electrons. The minimum absolute atomic E-state index is 0.0673. The van der Waals surface area contributed by atoms with E-state index in [4.69, 9.17) is 10.5 Å². The van der Waals surface area contributed by atoms with Gasteiger partial charge in [0.15, 0.2) is 0 Å². The highest BCUT2D eigenvalue weighted by atomic mass is 19.1. The van der Waals surface area contributed by atoms with Crippen LogP contribution < -0.4 is 5.73 Å². The Kier molecular flexibility index (Phi) is 5.12.